The molecule has 0 radical (unpaired) electrons. The van der Waals surface area contributed by atoms with Crippen molar-refractivity contribution >= 4 is 21.7 Å². The summed E-state index contributed by atoms with van der Waals surface area (Å²) in [6.45, 7) is 0.604. The molecule has 3 aliphatic rings. The van der Waals surface area contributed by atoms with E-state index < -0.39 is 16.1 Å². The molecule has 2 aliphatic carbocycles. The molecule has 5 rings (SSSR count). The Balaban J connectivity index is 1.36. The lowest BCUT2D eigenvalue weighted by Gasteiger charge is -2.23. The Morgan fingerprint density at radius 2 is 1.97 bits per heavy atom. The van der Waals surface area contributed by atoms with Crippen LogP contribution in [0.2, 0.25) is 0 Å². The van der Waals surface area contributed by atoms with E-state index in [9.17, 15) is 13.2 Å². The average molecular weight is 433 g/mol. The van der Waals surface area contributed by atoms with Crippen LogP contribution in [0.3, 0.4) is 0 Å². The number of anilines is 1. The van der Waals surface area contributed by atoms with Crippen molar-refractivity contribution < 1.29 is 22.7 Å². The lowest BCUT2D eigenvalue weighted by Crippen LogP contribution is -2.36. The van der Waals surface area contributed by atoms with Gasteiger partial charge in [-0.2, -0.15) is 5.10 Å². The second-order valence-corrected chi connectivity index (χ2v) is 9.60. The van der Waals surface area contributed by atoms with Crippen molar-refractivity contribution in [3.63, 3.8) is 0 Å². The highest BCUT2D eigenvalue weighted by Crippen LogP contribution is 2.38. The highest BCUT2D eigenvalue weighted by Gasteiger charge is 2.31. The molecule has 2 N–H and O–H groups in total. The van der Waals surface area contributed by atoms with Crippen molar-refractivity contribution in [2.75, 3.05) is 19.0 Å². The largest absolute Gasteiger partial charge is 0.474 e. The van der Waals surface area contributed by atoms with Gasteiger partial charge in [-0.25, -0.2) is 22.6 Å². The van der Waals surface area contributed by atoms with Crippen molar-refractivity contribution in [1.29, 1.82) is 0 Å². The van der Waals surface area contributed by atoms with Gasteiger partial charge in [0.1, 0.15) is 12.7 Å². The number of sulfonamides is 1. The van der Waals surface area contributed by atoms with Gasteiger partial charge in [0.15, 0.2) is 4.90 Å². The zero-order chi connectivity index (χ0) is 20.9. The van der Waals surface area contributed by atoms with Crippen LogP contribution in [0, 0.1) is 0 Å². The smallest absolute Gasteiger partial charge is 0.333 e. The number of carbonyl (C=O) groups excluding carboxylic acids is 1. The summed E-state index contributed by atoms with van der Waals surface area (Å²) in [4.78, 5) is 12.4. The van der Waals surface area contributed by atoms with Crippen molar-refractivity contribution in [2.45, 2.75) is 56.1 Å². The first-order chi connectivity index (χ1) is 14.5. The van der Waals surface area contributed by atoms with Gasteiger partial charge in [-0.3, -0.25) is 0 Å². The van der Waals surface area contributed by atoms with Crippen LogP contribution in [0.1, 0.15) is 35.1 Å². The molecule has 9 nitrogen and oxygen atoms in total. The quantitative estimate of drug-likeness (QED) is 0.762. The number of methoxy groups -OCH3 is 1. The minimum absolute atomic E-state index is 0.113. The van der Waals surface area contributed by atoms with E-state index in [0.29, 0.717) is 12.2 Å². The van der Waals surface area contributed by atoms with Gasteiger partial charge in [-0.15, -0.1) is 0 Å². The number of benzene rings is 1. The second-order valence-electron chi connectivity index (χ2n) is 7.95. The SMILES string of the molecule is COC1COc2c(S(=O)(=O)NC(=O)Nc3cc4c(c5c3CCC5)CCC4)cnn2C1. The van der Waals surface area contributed by atoms with Gasteiger partial charge in [-0.05, 0) is 66.8 Å². The lowest BCUT2D eigenvalue weighted by molar-refractivity contribution is 0.0165. The monoisotopic (exact) mass is 432 g/mol. The van der Waals surface area contributed by atoms with Crippen LogP contribution in [0.5, 0.6) is 5.88 Å². The van der Waals surface area contributed by atoms with E-state index in [-0.39, 0.29) is 23.5 Å². The summed E-state index contributed by atoms with van der Waals surface area (Å²) >= 11 is 0. The number of hydrogen-bond acceptors (Lipinski definition) is 6. The van der Waals surface area contributed by atoms with Gasteiger partial charge in [-0.1, -0.05) is 0 Å². The van der Waals surface area contributed by atoms with E-state index in [2.05, 4.69) is 15.1 Å². The molecule has 0 spiro atoms. The number of fused-ring (bicyclic) bond motifs is 4. The van der Waals surface area contributed by atoms with Crippen LogP contribution in [0.25, 0.3) is 0 Å². The van der Waals surface area contributed by atoms with Crippen LogP contribution >= 0.6 is 0 Å². The van der Waals surface area contributed by atoms with Gasteiger partial charge >= 0.3 is 6.03 Å². The normalized spacial score (nSPS) is 19.6. The van der Waals surface area contributed by atoms with Crippen molar-refractivity contribution in [2.24, 2.45) is 0 Å². The van der Waals surface area contributed by atoms with Gasteiger partial charge in [0.2, 0.25) is 5.88 Å². The summed E-state index contributed by atoms with van der Waals surface area (Å²) in [6.07, 6.45) is 7.19. The molecule has 1 atom stereocenters. The minimum atomic E-state index is -4.14. The summed E-state index contributed by atoms with van der Waals surface area (Å²) in [5.41, 5.74) is 5.89. The topological polar surface area (TPSA) is 112 Å². The molecule has 10 heteroatoms. The fourth-order valence-corrected chi connectivity index (χ4v) is 5.70. The van der Waals surface area contributed by atoms with Crippen LogP contribution < -0.4 is 14.8 Å². The third kappa shape index (κ3) is 3.24. The molecular formula is C20H24N4O5S. The van der Waals surface area contributed by atoms with E-state index in [4.69, 9.17) is 9.47 Å². The number of rotatable bonds is 4. The third-order valence-electron chi connectivity index (χ3n) is 6.13. The molecule has 1 aromatic heterocycles. The first kappa shape index (κ1) is 19.4. The molecule has 30 heavy (non-hydrogen) atoms. The highest BCUT2D eigenvalue weighted by atomic mass is 32.2. The number of aromatic nitrogens is 2. The Morgan fingerprint density at radius 1 is 1.20 bits per heavy atom. The maximum atomic E-state index is 12.8. The molecule has 0 saturated heterocycles. The van der Waals surface area contributed by atoms with E-state index in [1.54, 1.807) is 7.11 Å². The third-order valence-corrected chi connectivity index (χ3v) is 7.44. The van der Waals surface area contributed by atoms with Gasteiger partial charge in [0.25, 0.3) is 10.0 Å². The summed E-state index contributed by atoms with van der Waals surface area (Å²) < 4.78 is 39.9. The molecule has 160 valence electrons. The lowest BCUT2D eigenvalue weighted by atomic mass is 9.98. The molecule has 2 aromatic rings. The van der Waals surface area contributed by atoms with Crippen LogP contribution in [-0.4, -0.2) is 44.1 Å². The Bertz CT molecular complexity index is 1120. The van der Waals surface area contributed by atoms with Crippen LogP contribution in [-0.2, 0) is 47.0 Å². The number of nitrogens with one attached hydrogen (secondary N) is 2. The minimum Gasteiger partial charge on any atom is -0.474 e. The molecule has 2 amide bonds. The standard InChI is InChI=1S/C20H24N4O5S/c1-28-13-10-24-19(29-11-13)18(9-21-24)30(26,27)23-20(25)22-17-8-12-4-2-5-14(12)15-6-3-7-16(15)17/h8-9,13H,2-7,10-11H2,1H3,(H2,22,23,25). The molecule has 1 aliphatic heterocycles. The first-order valence-corrected chi connectivity index (χ1v) is 11.7. The predicted octanol–water partition coefficient (Wildman–Crippen LogP) is 1.78. The molecular weight excluding hydrogens is 408 g/mol. The zero-order valence-electron chi connectivity index (χ0n) is 16.7. The number of carbonyl (C=O) groups is 1. The fraction of sp³-hybridized carbons (Fsp3) is 0.500. The van der Waals surface area contributed by atoms with Crippen LogP contribution in [0.15, 0.2) is 17.2 Å². The summed E-state index contributed by atoms with van der Waals surface area (Å²) in [5.74, 6) is 0.113. The van der Waals surface area contributed by atoms with E-state index in [1.165, 1.54) is 27.6 Å². The molecule has 0 bridgehead atoms. The fourth-order valence-electron chi connectivity index (χ4n) is 4.72. The highest BCUT2D eigenvalue weighted by molar-refractivity contribution is 7.90. The Labute approximate surface area is 174 Å². The zero-order valence-corrected chi connectivity index (χ0v) is 17.5. The Hall–Kier alpha value is -2.59. The number of urea groups is 1. The van der Waals surface area contributed by atoms with E-state index in [1.807, 2.05) is 6.07 Å². The van der Waals surface area contributed by atoms with Crippen molar-refractivity contribution in [3.05, 3.63) is 34.5 Å². The maximum absolute atomic E-state index is 12.8. The number of hydrogen-bond donors (Lipinski definition) is 2. The number of nitrogens with zero attached hydrogens (tertiary/aromatic N) is 2. The number of ether oxygens (including phenoxy) is 2. The summed E-state index contributed by atoms with van der Waals surface area (Å²) in [7, 11) is -2.58. The van der Waals surface area contributed by atoms with Gasteiger partial charge in [0.05, 0.1) is 12.7 Å². The molecule has 2 heterocycles. The van der Waals surface area contributed by atoms with Gasteiger partial charge < -0.3 is 14.8 Å². The Morgan fingerprint density at radius 3 is 2.80 bits per heavy atom. The Kier molecular flexibility index (Phi) is 4.70. The van der Waals surface area contributed by atoms with E-state index in [0.717, 1.165) is 44.1 Å². The van der Waals surface area contributed by atoms with Gasteiger partial charge in [0, 0.05) is 12.8 Å². The predicted molar refractivity (Wildman–Crippen MR) is 108 cm³/mol. The molecule has 0 saturated carbocycles. The average Bonchev–Trinajstić information content (AvgIpc) is 3.44. The second kappa shape index (κ2) is 7.28. The molecule has 1 aromatic carbocycles. The van der Waals surface area contributed by atoms with Crippen molar-refractivity contribution in [3.8, 4) is 5.88 Å². The van der Waals surface area contributed by atoms with E-state index >= 15 is 0 Å². The molecule has 1 unspecified atom stereocenters. The number of amides is 2. The van der Waals surface area contributed by atoms with Crippen LogP contribution in [0.4, 0.5) is 10.5 Å². The number of aryl methyl sites for hydroxylation is 1. The summed E-state index contributed by atoms with van der Waals surface area (Å²) in [6, 6.07) is 1.22. The van der Waals surface area contributed by atoms with Crippen molar-refractivity contribution in [1.82, 2.24) is 14.5 Å². The molecule has 0 fully saturated rings. The summed E-state index contributed by atoms with van der Waals surface area (Å²) in [5, 5.41) is 6.83. The maximum Gasteiger partial charge on any atom is 0.333 e. The first-order valence-electron chi connectivity index (χ1n) is 10.2.